The molecule has 0 saturated carbocycles. The van der Waals surface area contributed by atoms with Crippen LogP contribution in [-0.2, 0) is 20.9 Å². The molecule has 1 aliphatic rings. The number of carboxylic acid groups (broad SMARTS) is 1. The van der Waals surface area contributed by atoms with E-state index in [1.165, 1.54) is 0 Å². The Morgan fingerprint density at radius 3 is 2.18 bits per heavy atom. The fourth-order valence-electron chi connectivity index (χ4n) is 4.14. The number of ether oxygens (including phenoxy) is 1. The molecule has 174 valence electrons. The van der Waals surface area contributed by atoms with E-state index in [9.17, 15) is 24.6 Å². The number of fused-ring (bicyclic) bond motifs is 3. The molecule has 1 aliphatic carbocycles. The minimum Gasteiger partial charge on any atom is -0.481 e. The van der Waals surface area contributed by atoms with E-state index in [-0.39, 0.29) is 19.1 Å². The molecule has 0 fully saturated rings. The maximum absolute atomic E-state index is 12.7. The third-order valence-electron chi connectivity index (χ3n) is 5.71. The van der Waals surface area contributed by atoms with Crippen molar-refractivity contribution in [2.24, 2.45) is 0 Å². The Morgan fingerprint density at radius 2 is 1.56 bits per heavy atom. The Labute approximate surface area is 196 Å². The van der Waals surface area contributed by atoms with E-state index >= 15 is 0 Å². The molecule has 1 unspecified atom stereocenters. The predicted octanol–water partition coefficient (Wildman–Crippen LogP) is 3.50. The van der Waals surface area contributed by atoms with E-state index < -0.39 is 30.4 Å². The Morgan fingerprint density at radius 1 is 0.912 bits per heavy atom. The highest BCUT2D eigenvalue weighted by molar-refractivity contribution is 5.98. The van der Waals surface area contributed by atoms with Gasteiger partial charge in [0.25, 0.3) is 0 Å². The summed E-state index contributed by atoms with van der Waals surface area (Å²) in [6.07, 6.45) is -1.50. The normalized spacial score (nSPS) is 12.9. The van der Waals surface area contributed by atoms with Crippen LogP contribution in [0.3, 0.4) is 0 Å². The van der Waals surface area contributed by atoms with Crippen LogP contribution in [0, 0.1) is 0 Å². The summed E-state index contributed by atoms with van der Waals surface area (Å²) < 4.78 is 5.43. The van der Waals surface area contributed by atoms with E-state index in [1.807, 2.05) is 48.5 Å². The number of aliphatic hydroxyl groups excluding tert-OH is 1. The molecule has 0 aromatic heterocycles. The lowest BCUT2D eigenvalue weighted by atomic mass is 9.98. The quantitative estimate of drug-likeness (QED) is 0.408. The van der Waals surface area contributed by atoms with Crippen LogP contribution in [0.2, 0.25) is 0 Å². The van der Waals surface area contributed by atoms with E-state index in [0.717, 1.165) is 22.3 Å². The molecule has 2 amide bonds. The molecule has 0 radical (unpaired) electrons. The largest absolute Gasteiger partial charge is 0.481 e. The number of amides is 2. The zero-order valence-electron chi connectivity index (χ0n) is 18.2. The fourth-order valence-corrected chi connectivity index (χ4v) is 4.14. The van der Waals surface area contributed by atoms with Crippen molar-refractivity contribution >= 4 is 23.7 Å². The summed E-state index contributed by atoms with van der Waals surface area (Å²) in [4.78, 5) is 36.5. The van der Waals surface area contributed by atoms with Gasteiger partial charge in [0.1, 0.15) is 12.6 Å². The lowest BCUT2D eigenvalue weighted by Crippen LogP contribution is -2.45. The summed E-state index contributed by atoms with van der Waals surface area (Å²) >= 11 is 0. The number of hydrogen-bond donors (Lipinski definition) is 4. The first-order valence-corrected chi connectivity index (χ1v) is 10.8. The molecule has 34 heavy (non-hydrogen) atoms. The van der Waals surface area contributed by atoms with Crippen molar-refractivity contribution in [1.82, 2.24) is 5.32 Å². The van der Waals surface area contributed by atoms with Crippen molar-refractivity contribution in [3.8, 4) is 11.1 Å². The molecule has 0 bridgehead atoms. The fraction of sp³-hybridized carbons (Fsp3) is 0.192. The molecule has 0 aliphatic heterocycles. The van der Waals surface area contributed by atoms with Gasteiger partial charge in [0.15, 0.2) is 0 Å². The summed E-state index contributed by atoms with van der Waals surface area (Å²) in [6.45, 7) is -0.167. The van der Waals surface area contributed by atoms with Crippen LogP contribution in [0.1, 0.15) is 29.0 Å². The molecule has 0 heterocycles. The molecule has 0 spiro atoms. The predicted molar refractivity (Wildman–Crippen MR) is 125 cm³/mol. The van der Waals surface area contributed by atoms with Gasteiger partial charge >= 0.3 is 12.1 Å². The monoisotopic (exact) mass is 460 g/mol. The SMILES string of the molecule is O=C(O)CC(NC(=O)OCC1c2ccccc2-c2ccccc21)C(=O)Nc1cccc(CO)c1. The molecule has 0 saturated heterocycles. The summed E-state index contributed by atoms with van der Waals surface area (Å²) in [6, 6.07) is 20.9. The van der Waals surface area contributed by atoms with Crippen molar-refractivity contribution in [1.29, 1.82) is 0 Å². The molecule has 8 nitrogen and oxygen atoms in total. The number of carbonyl (C=O) groups is 3. The van der Waals surface area contributed by atoms with Crippen LogP contribution in [0.5, 0.6) is 0 Å². The van der Waals surface area contributed by atoms with Crippen molar-refractivity contribution in [3.05, 3.63) is 89.5 Å². The van der Waals surface area contributed by atoms with E-state index in [4.69, 9.17) is 4.74 Å². The molecule has 3 aromatic carbocycles. The van der Waals surface area contributed by atoms with Crippen molar-refractivity contribution < 1.29 is 29.3 Å². The van der Waals surface area contributed by atoms with Gasteiger partial charge in [0.05, 0.1) is 13.0 Å². The Kier molecular flexibility index (Phi) is 6.89. The maximum Gasteiger partial charge on any atom is 0.407 e. The first-order valence-electron chi connectivity index (χ1n) is 10.8. The third kappa shape index (κ3) is 5.07. The van der Waals surface area contributed by atoms with Gasteiger partial charge in [-0.15, -0.1) is 0 Å². The molecule has 1 atom stereocenters. The Balaban J connectivity index is 1.42. The van der Waals surface area contributed by atoms with Gasteiger partial charge in [-0.2, -0.15) is 0 Å². The first kappa shape index (κ1) is 23.0. The number of aliphatic hydroxyl groups is 1. The van der Waals surface area contributed by atoms with Crippen LogP contribution >= 0.6 is 0 Å². The summed E-state index contributed by atoms with van der Waals surface area (Å²) in [7, 11) is 0. The van der Waals surface area contributed by atoms with E-state index in [2.05, 4.69) is 10.6 Å². The number of carbonyl (C=O) groups excluding carboxylic acids is 2. The van der Waals surface area contributed by atoms with Gasteiger partial charge in [0.2, 0.25) is 5.91 Å². The topological polar surface area (TPSA) is 125 Å². The Hall–Kier alpha value is -4.17. The third-order valence-corrected chi connectivity index (χ3v) is 5.71. The average Bonchev–Trinajstić information content (AvgIpc) is 3.16. The van der Waals surface area contributed by atoms with Gasteiger partial charge < -0.3 is 25.6 Å². The smallest absolute Gasteiger partial charge is 0.407 e. The first-order chi connectivity index (χ1) is 16.5. The van der Waals surface area contributed by atoms with Crippen LogP contribution in [0.25, 0.3) is 11.1 Å². The minimum absolute atomic E-state index is 0.0415. The number of rotatable bonds is 8. The summed E-state index contributed by atoms with van der Waals surface area (Å²) in [5.74, 6) is -2.11. The lowest BCUT2D eigenvalue weighted by Gasteiger charge is -2.19. The lowest BCUT2D eigenvalue weighted by molar-refractivity contribution is -0.139. The standard InChI is InChI=1S/C26H24N2O6/c29-14-16-6-5-7-17(12-16)27-25(32)23(13-24(30)31)28-26(33)34-15-22-20-10-3-1-8-18(20)19-9-2-4-11-21(19)22/h1-12,22-23,29H,13-15H2,(H,27,32)(H,28,33)(H,30,31). The summed E-state index contributed by atoms with van der Waals surface area (Å²) in [5, 5.41) is 23.4. The average molecular weight is 460 g/mol. The van der Waals surface area contributed by atoms with Gasteiger partial charge in [0, 0.05) is 11.6 Å². The molecule has 8 heteroatoms. The highest BCUT2D eigenvalue weighted by Gasteiger charge is 2.30. The summed E-state index contributed by atoms with van der Waals surface area (Å²) in [5.41, 5.74) is 5.21. The van der Waals surface area contributed by atoms with Crippen LogP contribution in [-0.4, -0.2) is 40.8 Å². The van der Waals surface area contributed by atoms with Gasteiger partial charge in [-0.25, -0.2) is 4.79 Å². The van der Waals surface area contributed by atoms with Crippen molar-refractivity contribution in [3.63, 3.8) is 0 Å². The number of carboxylic acids is 1. The number of benzene rings is 3. The number of anilines is 1. The minimum atomic E-state index is -1.34. The van der Waals surface area contributed by atoms with E-state index in [1.54, 1.807) is 24.3 Å². The van der Waals surface area contributed by atoms with Gasteiger partial charge in [-0.3, -0.25) is 9.59 Å². The van der Waals surface area contributed by atoms with Crippen LogP contribution in [0.4, 0.5) is 10.5 Å². The number of aliphatic carboxylic acids is 1. The highest BCUT2D eigenvalue weighted by Crippen LogP contribution is 2.44. The molecular formula is C26H24N2O6. The second-order valence-corrected chi connectivity index (χ2v) is 7.97. The van der Waals surface area contributed by atoms with Gasteiger partial charge in [-0.05, 0) is 39.9 Å². The van der Waals surface area contributed by atoms with E-state index in [0.29, 0.717) is 11.3 Å². The molecule has 4 N–H and O–H groups in total. The highest BCUT2D eigenvalue weighted by atomic mass is 16.5. The number of hydrogen-bond acceptors (Lipinski definition) is 5. The zero-order valence-corrected chi connectivity index (χ0v) is 18.2. The van der Waals surface area contributed by atoms with Crippen LogP contribution in [0.15, 0.2) is 72.8 Å². The van der Waals surface area contributed by atoms with Crippen molar-refractivity contribution in [2.45, 2.75) is 25.0 Å². The number of nitrogens with one attached hydrogen (secondary N) is 2. The Bertz CT molecular complexity index is 1180. The maximum atomic E-state index is 12.7. The van der Waals surface area contributed by atoms with Crippen molar-refractivity contribution in [2.75, 3.05) is 11.9 Å². The second-order valence-electron chi connectivity index (χ2n) is 7.97. The second kappa shape index (κ2) is 10.2. The molecular weight excluding hydrogens is 436 g/mol. The van der Waals surface area contributed by atoms with Crippen LogP contribution < -0.4 is 10.6 Å². The molecule has 4 rings (SSSR count). The molecule has 3 aromatic rings. The number of alkyl carbamates (subject to hydrolysis) is 1. The van der Waals surface area contributed by atoms with Gasteiger partial charge in [-0.1, -0.05) is 60.7 Å². The zero-order chi connectivity index (χ0) is 24.1.